The molecule has 2 aromatic carbocycles. The Morgan fingerprint density at radius 1 is 1.17 bits per heavy atom. The third-order valence-corrected chi connectivity index (χ3v) is 3.94. The molecule has 0 aliphatic heterocycles. The summed E-state index contributed by atoms with van der Waals surface area (Å²) in [6, 6.07) is 15.6. The van der Waals surface area contributed by atoms with Gasteiger partial charge in [-0.15, -0.1) is 0 Å². The highest BCUT2D eigenvalue weighted by atomic mass is 16.1. The number of carbonyl (C=O) groups excluding carboxylic acids is 1. The second kappa shape index (κ2) is 6.48. The van der Waals surface area contributed by atoms with Gasteiger partial charge in [-0.3, -0.25) is 9.89 Å². The van der Waals surface area contributed by atoms with Crippen LogP contribution in [0, 0.1) is 6.92 Å². The van der Waals surface area contributed by atoms with Crippen molar-refractivity contribution < 1.29 is 4.79 Å². The number of nitrogens with zero attached hydrogens (tertiary/aromatic N) is 1. The Balaban J connectivity index is 1.77. The zero-order valence-corrected chi connectivity index (χ0v) is 13.2. The standard InChI is InChI=1S/C19H19N3O/c1-13-10-16(8-9-18(13)17-11-20-21-12-17)19(23)22-14(2)15-6-4-3-5-7-15/h3-12,14H,1-2H3,(H,20,21)(H,22,23). The first-order chi connectivity index (χ1) is 11.1. The predicted molar refractivity (Wildman–Crippen MR) is 91.1 cm³/mol. The highest BCUT2D eigenvalue weighted by molar-refractivity contribution is 5.95. The van der Waals surface area contributed by atoms with E-state index in [0.29, 0.717) is 5.56 Å². The molecule has 0 bridgehead atoms. The fraction of sp³-hybridized carbons (Fsp3) is 0.158. The summed E-state index contributed by atoms with van der Waals surface area (Å²) < 4.78 is 0. The van der Waals surface area contributed by atoms with Crippen molar-refractivity contribution in [2.75, 3.05) is 0 Å². The summed E-state index contributed by atoms with van der Waals surface area (Å²) in [7, 11) is 0. The number of amides is 1. The van der Waals surface area contributed by atoms with Gasteiger partial charge in [-0.2, -0.15) is 5.10 Å². The number of nitrogens with one attached hydrogen (secondary N) is 2. The van der Waals surface area contributed by atoms with E-state index in [1.807, 2.05) is 68.6 Å². The molecule has 3 rings (SSSR count). The van der Waals surface area contributed by atoms with Crippen LogP contribution in [0.1, 0.15) is 34.5 Å². The molecule has 1 unspecified atom stereocenters. The van der Waals surface area contributed by atoms with E-state index in [9.17, 15) is 4.79 Å². The number of aryl methyl sites for hydroxylation is 1. The van der Waals surface area contributed by atoms with E-state index < -0.39 is 0 Å². The van der Waals surface area contributed by atoms with Gasteiger partial charge in [-0.25, -0.2) is 0 Å². The summed E-state index contributed by atoms with van der Waals surface area (Å²) in [5.41, 5.74) is 4.90. The molecule has 23 heavy (non-hydrogen) atoms. The molecule has 0 fully saturated rings. The highest BCUT2D eigenvalue weighted by Crippen LogP contribution is 2.23. The quantitative estimate of drug-likeness (QED) is 0.768. The molecule has 2 N–H and O–H groups in total. The molecule has 0 radical (unpaired) electrons. The van der Waals surface area contributed by atoms with Gasteiger partial charge in [0.1, 0.15) is 0 Å². The number of hydrogen-bond acceptors (Lipinski definition) is 2. The number of rotatable bonds is 4. The lowest BCUT2D eigenvalue weighted by Crippen LogP contribution is -2.26. The Kier molecular flexibility index (Phi) is 4.24. The van der Waals surface area contributed by atoms with Crippen molar-refractivity contribution in [2.24, 2.45) is 0 Å². The largest absolute Gasteiger partial charge is 0.346 e. The molecule has 3 aromatic rings. The summed E-state index contributed by atoms with van der Waals surface area (Å²) in [4.78, 5) is 12.4. The van der Waals surface area contributed by atoms with Crippen LogP contribution in [-0.4, -0.2) is 16.1 Å². The molecule has 1 atom stereocenters. The fourth-order valence-electron chi connectivity index (χ4n) is 2.63. The minimum atomic E-state index is -0.0665. The molecule has 0 saturated carbocycles. The van der Waals surface area contributed by atoms with Crippen molar-refractivity contribution in [3.8, 4) is 11.1 Å². The van der Waals surface area contributed by atoms with Gasteiger partial charge in [-0.05, 0) is 42.7 Å². The van der Waals surface area contributed by atoms with Gasteiger partial charge in [0, 0.05) is 17.3 Å². The first-order valence-electron chi connectivity index (χ1n) is 7.61. The van der Waals surface area contributed by atoms with Gasteiger partial charge in [0.15, 0.2) is 0 Å². The maximum absolute atomic E-state index is 12.4. The normalized spacial score (nSPS) is 11.9. The van der Waals surface area contributed by atoms with Crippen molar-refractivity contribution in [1.82, 2.24) is 15.5 Å². The summed E-state index contributed by atoms with van der Waals surface area (Å²) in [5.74, 6) is -0.0665. The van der Waals surface area contributed by atoms with Gasteiger partial charge in [0.2, 0.25) is 0 Å². The van der Waals surface area contributed by atoms with E-state index in [1.165, 1.54) is 0 Å². The number of H-pyrrole nitrogens is 1. The van der Waals surface area contributed by atoms with Gasteiger partial charge in [-0.1, -0.05) is 36.4 Å². The molecular weight excluding hydrogens is 286 g/mol. The minimum Gasteiger partial charge on any atom is -0.346 e. The molecule has 0 saturated heterocycles. The van der Waals surface area contributed by atoms with Gasteiger partial charge < -0.3 is 5.32 Å². The third-order valence-electron chi connectivity index (χ3n) is 3.94. The number of aromatic nitrogens is 2. The summed E-state index contributed by atoms with van der Waals surface area (Å²) in [6.45, 7) is 3.99. The van der Waals surface area contributed by atoms with Crippen LogP contribution < -0.4 is 5.32 Å². The van der Waals surface area contributed by atoms with E-state index in [4.69, 9.17) is 0 Å². The fourth-order valence-corrected chi connectivity index (χ4v) is 2.63. The molecule has 1 amide bonds. The van der Waals surface area contributed by atoms with Crippen LogP contribution in [0.2, 0.25) is 0 Å². The molecule has 1 heterocycles. The Hall–Kier alpha value is -2.88. The Bertz CT molecular complexity index is 795. The van der Waals surface area contributed by atoms with Gasteiger partial charge in [0.05, 0.1) is 12.2 Å². The molecule has 4 heteroatoms. The van der Waals surface area contributed by atoms with E-state index in [1.54, 1.807) is 6.20 Å². The average Bonchev–Trinajstić information content (AvgIpc) is 3.09. The van der Waals surface area contributed by atoms with Crippen LogP contribution in [0.5, 0.6) is 0 Å². The Labute approximate surface area is 135 Å². The Morgan fingerprint density at radius 2 is 1.96 bits per heavy atom. The van der Waals surface area contributed by atoms with Crippen LogP contribution in [-0.2, 0) is 0 Å². The Morgan fingerprint density at radius 3 is 2.61 bits per heavy atom. The maximum Gasteiger partial charge on any atom is 0.251 e. The minimum absolute atomic E-state index is 0.0300. The molecule has 4 nitrogen and oxygen atoms in total. The summed E-state index contributed by atoms with van der Waals surface area (Å²) in [6.07, 6.45) is 3.62. The van der Waals surface area contributed by atoms with Crippen molar-refractivity contribution in [3.63, 3.8) is 0 Å². The summed E-state index contributed by atoms with van der Waals surface area (Å²) in [5, 5.41) is 9.81. The highest BCUT2D eigenvalue weighted by Gasteiger charge is 2.13. The van der Waals surface area contributed by atoms with Crippen molar-refractivity contribution in [2.45, 2.75) is 19.9 Å². The van der Waals surface area contributed by atoms with Crippen LogP contribution in [0.15, 0.2) is 60.9 Å². The molecular formula is C19H19N3O. The predicted octanol–water partition coefficient (Wildman–Crippen LogP) is 3.88. The van der Waals surface area contributed by atoms with Crippen LogP contribution in [0.3, 0.4) is 0 Å². The van der Waals surface area contributed by atoms with Crippen LogP contribution in [0.25, 0.3) is 11.1 Å². The van der Waals surface area contributed by atoms with Crippen molar-refractivity contribution in [1.29, 1.82) is 0 Å². The van der Waals surface area contributed by atoms with E-state index >= 15 is 0 Å². The monoisotopic (exact) mass is 305 g/mol. The van der Waals surface area contributed by atoms with E-state index in [2.05, 4.69) is 15.5 Å². The second-order valence-electron chi connectivity index (χ2n) is 5.62. The van der Waals surface area contributed by atoms with E-state index in [0.717, 1.165) is 22.3 Å². The lowest BCUT2D eigenvalue weighted by atomic mass is 10.00. The molecule has 116 valence electrons. The van der Waals surface area contributed by atoms with E-state index in [-0.39, 0.29) is 11.9 Å². The van der Waals surface area contributed by atoms with Crippen LogP contribution in [0.4, 0.5) is 0 Å². The first kappa shape index (κ1) is 15.0. The lowest BCUT2D eigenvalue weighted by molar-refractivity contribution is 0.0940. The smallest absolute Gasteiger partial charge is 0.251 e. The second-order valence-corrected chi connectivity index (χ2v) is 5.62. The molecule has 0 spiro atoms. The average molecular weight is 305 g/mol. The zero-order chi connectivity index (χ0) is 16.2. The molecule has 0 aliphatic carbocycles. The lowest BCUT2D eigenvalue weighted by Gasteiger charge is -2.15. The van der Waals surface area contributed by atoms with Crippen molar-refractivity contribution in [3.05, 3.63) is 77.6 Å². The van der Waals surface area contributed by atoms with Gasteiger partial charge >= 0.3 is 0 Å². The SMILES string of the molecule is Cc1cc(C(=O)NC(C)c2ccccc2)ccc1-c1cn[nH]c1. The number of carbonyl (C=O) groups is 1. The van der Waals surface area contributed by atoms with Gasteiger partial charge in [0.25, 0.3) is 5.91 Å². The zero-order valence-electron chi connectivity index (χ0n) is 13.2. The van der Waals surface area contributed by atoms with Crippen LogP contribution >= 0.6 is 0 Å². The topological polar surface area (TPSA) is 57.8 Å². The number of aromatic amines is 1. The molecule has 1 aromatic heterocycles. The van der Waals surface area contributed by atoms with Crippen molar-refractivity contribution >= 4 is 5.91 Å². The maximum atomic E-state index is 12.4. The number of benzene rings is 2. The molecule has 0 aliphatic rings. The number of hydrogen-bond donors (Lipinski definition) is 2. The first-order valence-corrected chi connectivity index (χ1v) is 7.61. The summed E-state index contributed by atoms with van der Waals surface area (Å²) >= 11 is 0. The third kappa shape index (κ3) is 3.31.